The van der Waals surface area contributed by atoms with Gasteiger partial charge in [0.25, 0.3) is 5.91 Å². The molecule has 0 aromatic heterocycles. The van der Waals surface area contributed by atoms with E-state index in [0.29, 0.717) is 16.8 Å². The van der Waals surface area contributed by atoms with Crippen molar-refractivity contribution >= 4 is 27.5 Å². The van der Waals surface area contributed by atoms with Gasteiger partial charge in [-0.3, -0.25) is 4.79 Å². The first-order valence-electron chi connectivity index (χ1n) is 7.51. The number of aliphatic hydroxyl groups is 1. The fourth-order valence-electron chi connectivity index (χ4n) is 2.54. The first kappa shape index (κ1) is 16.4. The number of hydrogen-bond acceptors (Lipinski definition) is 2. The number of nitrogens with one attached hydrogen (secondary N) is 1. The quantitative estimate of drug-likeness (QED) is 0.706. The summed E-state index contributed by atoms with van der Waals surface area (Å²) in [5.41, 5.74) is -0.111. The monoisotopic (exact) mass is 381 g/mol. The van der Waals surface area contributed by atoms with Gasteiger partial charge in [-0.15, -0.1) is 0 Å². The maximum atomic E-state index is 12.9. The summed E-state index contributed by atoms with van der Waals surface area (Å²) in [7, 11) is 0. The van der Waals surface area contributed by atoms with Crippen molar-refractivity contribution in [3.8, 4) is 0 Å². The number of carbonyl (C=O) groups excluding carboxylic acids is 1. The molecule has 0 bridgehead atoms. The molecule has 3 nitrogen and oxygen atoms in total. The highest BCUT2D eigenvalue weighted by atomic mass is 79.9. The van der Waals surface area contributed by atoms with Gasteiger partial charge in [0.15, 0.2) is 5.60 Å². The second kappa shape index (κ2) is 6.99. The van der Waals surface area contributed by atoms with Gasteiger partial charge >= 0.3 is 0 Å². The second-order valence-corrected chi connectivity index (χ2v) is 6.32. The van der Waals surface area contributed by atoms with E-state index in [4.69, 9.17) is 0 Å². The van der Waals surface area contributed by atoms with E-state index in [-0.39, 0.29) is 0 Å². The SMILES string of the molecule is O=C(Nc1ccc(Br)cc1)C(O)(c1ccccc1)c1ccccc1. The van der Waals surface area contributed by atoms with Gasteiger partial charge in [0.2, 0.25) is 0 Å². The van der Waals surface area contributed by atoms with Crippen LogP contribution in [-0.2, 0) is 10.4 Å². The van der Waals surface area contributed by atoms with Crippen molar-refractivity contribution in [1.82, 2.24) is 0 Å². The lowest BCUT2D eigenvalue weighted by Gasteiger charge is -2.28. The minimum Gasteiger partial charge on any atom is -0.372 e. The Kier molecular flexibility index (Phi) is 4.79. The zero-order valence-electron chi connectivity index (χ0n) is 12.8. The minimum absolute atomic E-state index is 0.498. The smallest absolute Gasteiger partial charge is 0.265 e. The average molecular weight is 382 g/mol. The van der Waals surface area contributed by atoms with E-state index in [1.54, 1.807) is 60.7 Å². The van der Waals surface area contributed by atoms with Crippen LogP contribution in [0.5, 0.6) is 0 Å². The van der Waals surface area contributed by atoms with Crippen LogP contribution in [0.1, 0.15) is 11.1 Å². The Bertz CT molecular complexity index is 778. The Morgan fingerprint density at radius 1 is 0.792 bits per heavy atom. The summed E-state index contributed by atoms with van der Waals surface area (Å²) in [6.45, 7) is 0. The summed E-state index contributed by atoms with van der Waals surface area (Å²) in [6.07, 6.45) is 0. The number of halogens is 1. The molecule has 0 aliphatic rings. The Labute approximate surface area is 149 Å². The Morgan fingerprint density at radius 2 is 1.25 bits per heavy atom. The maximum Gasteiger partial charge on any atom is 0.265 e. The molecule has 3 rings (SSSR count). The van der Waals surface area contributed by atoms with Gasteiger partial charge in [-0.2, -0.15) is 0 Å². The third kappa shape index (κ3) is 3.25. The van der Waals surface area contributed by atoms with E-state index in [1.165, 1.54) is 0 Å². The highest BCUT2D eigenvalue weighted by molar-refractivity contribution is 9.10. The van der Waals surface area contributed by atoms with Crippen molar-refractivity contribution in [2.24, 2.45) is 0 Å². The van der Waals surface area contributed by atoms with Gasteiger partial charge in [-0.05, 0) is 35.4 Å². The standard InChI is InChI=1S/C20H16BrNO2/c21-17-11-13-18(14-12-17)22-19(23)20(24,15-7-3-1-4-8-15)16-9-5-2-6-10-16/h1-14,24H,(H,22,23). The molecule has 0 fully saturated rings. The van der Waals surface area contributed by atoms with Crippen LogP contribution in [0.4, 0.5) is 5.69 Å². The zero-order chi connectivity index (χ0) is 17.0. The zero-order valence-corrected chi connectivity index (χ0v) is 14.4. The molecule has 4 heteroatoms. The van der Waals surface area contributed by atoms with Crippen molar-refractivity contribution in [1.29, 1.82) is 0 Å². The van der Waals surface area contributed by atoms with Gasteiger partial charge in [0.05, 0.1) is 0 Å². The molecule has 0 radical (unpaired) electrons. The molecular weight excluding hydrogens is 366 g/mol. The largest absolute Gasteiger partial charge is 0.372 e. The van der Waals surface area contributed by atoms with Crippen molar-refractivity contribution in [3.05, 3.63) is 101 Å². The van der Waals surface area contributed by atoms with E-state index in [9.17, 15) is 9.90 Å². The molecule has 0 aliphatic carbocycles. The predicted molar refractivity (Wildman–Crippen MR) is 98.7 cm³/mol. The van der Waals surface area contributed by atoms with Crippen LogP contribution in [0, 0.1) is 0 Å². The normalized spacial score (nSPS) is 11.1. The second-order valence-electron chi connectivity index (χ2n) is 5.40. The lowest BCUT2D eigenvalue weighted by Crippen LogP contribution is -2.41. The Hall–Kier alpha value is -2.43. The van der Waals surface area contributed by atoms with E-state index < -0.39 is 11.5 Å². The number of hydrogen-bond donors (Lipinski definition) is 2. The number of rotatable bonds is 4. The van der Waals surface area contributed by atoms with Crippen molar-refractivity contribution in [2.45, 2.75) is 5.60 Å². The number of anilines is 1. The van der Waals surface area contributed by atoms with Gasteiger partial charge in [-0.25, -0.2) is 0 Å². The molecular formula is C20H16BrNO2. The number of benzene rings is 3. The molecule has 0 unspecified atom stereocenters. The van der Waals surface area contributed by atoms with E-state index in [0.717, 1.165) is 4.47 Å². The van der Waals surface area contributed by atoms with Crippen LogP contribution < -0.4 is 5.32 Å². The van der Waals surface area contributed by atoms with E-state index >= 15 is 0 Å². The molecule has 1 amide bonds. The fraction of sp³-hybridized carbons (Fsp3) is 0.0500. The van der Waals surface area contributed by atoms with E-state index in [2.05, 4.69) is 21.2 Å². The first-order valence-corrected chi connectivity index (χ1v) is 8.30. The van der Waals surface area contributed by atoms with Gasteiger partial charge in [0.1, 0.15) is 0 Å². The topological polar surface area (TPSA) is 49.3 Å². The minimum atomic E-state index is -1.77. The van der Waals surface area contributed by atoms with Gasteiger partial charge in [-0.1, -0.05) is 76.6 Å². The Balaban J connectivity index is 2.02. The first-order chi connectivity index (χ1) is 11.6. The van der Waals surface area contributed by atoms with Gasteiger partial charge in [0, 0.05) is 10.2 Å². The van der Waals surface area contributed by atoms with Crippen LogP contribution in [0.2, 0.25) is 0 Å². The number of amides is 1. The van der Waals surface area contributed by atoms with Crippen LogP contribution in [-0.4, -0.2) is 11.0 Å². The number of carbonyl (C=O) groups is 1. The molecule has 0 atom stereocenters. The van der Waals surface area contributed by atoms with Crippen molar-refractivity contribution in [2.75, 3.05) is 5.32 Å². The molecule has 2 N–H and O–H groups in total. The lowest BCUT2D eigenvalue weighted by molar-refractivity contribution is -0.131. The van der Waals surface area contributed by atoms with Crippen LogP contribution in [0.15, 0.2) is 89.4 Å². The Morgan fingerprint density at radius 3 is 1.71 bits per heavy atom. The van der Waals surface area contributed by atoms with Crippen LogP contribution >= 0.6 is 15.9 Å². The summed E-state index contributed by atoms with van der Waals surface area (Å²) in [6, 6.07) is 25.1. The lowest BCUT2D eigenvalue weighted by atomic mass is 9.85. The molecule has 0 spiro atoms. The van der Waals surface area contributed by atoms with Crippen molar-refractivity contribution in [3.63, 3.8) is 0 Å². The molecule has 120 valence electrons. The molecule has 0 saturated carbocycles. The summed E-state index contributed by atoms with van der Waals surface area (Å²) in [4.78, 5) is 12.9. The van der Waals surface area contributed by atoms with Crippen LogP contribution in [0.3, 0.4) is 0 Å². The maximum absolute atomic E-state index is 12.9. The highest BCUT2D eigenvalue weighted by Gasteiger charge is 2.39. The predicted octanol–water partition coefficient (Wildman–Crippen LogP) is 4.32. The molecule has 0 saturated heterocycles. The highest BCUT2D eigenvalue weighted by Crippen LogP contribution is 2.31. The third-order valence-electron chi connectivity index (χ3n) is 3.81. The summed E-state index contributed by atoms with van der Waals surface area (Å²) in [5.74, 6) is -0.498. The molecule has 0 heterocycles. The summed E-state index contributed by atoms with van der Waals surface area (Å²) >= 11 is 3.36. The third-order valence-corrected chi connectivity index (χ3v) is 4.34. The molecule has 24 heavy (non-hydrogen) atoms. The van der Waals surface area contributed by atoms with Crippen LogP contribution in [0.25, 0.3) is 0 Å². The summed E-state index contributed by atoms with van der Waals surface area (Å²) < 4.78 is 0.918. The fourth-order valence-corrected chi connectivity index (χ4v) is 2.81. The average Bonchev–Trinajstić information content (AvgIpc) is 2.64. The molecule has 3 aromatic rings. The van der Waals surface area contributed by atoms with E-state index in [1.807, 2.05) is 24.3 Å². The van der Waals surface area contributed by atoms with Crippen molar-refractivity contribution < 1.29 is 9.90 Å². The molecule has 0 aliphatic heterocycles. The summed E-state index contributed by atoms with van der Waals surface area (Å²) in [5, 5.41) is 14.1. The molecule has 3 aromatic carbocycles. The van der Waals surface area contributed by atoms with Gasteiger partial charge < -0.3 is 10.4 Å².